The van der Waals surface area contributed by atoms with Gasteiger partial charge in [-0.1, -0.05) is 84.3 Å². The summed E-state index contributed by atoms with van der Waals surface area (Å²) in [6, 6.07) is 6.17. The minimum absolute atomic E-state index is 0.0782. The van der Waals surface area contributed by atoms with Crippen molar-refractivity contribution < 1.29 is 13.2 Å². The number of rotatable bonds is 16. The van der Waals surface area contributed by atoms with Crippen molar-refractivity contribution in [3.05, 3.63) is 77.3 Å². The van der Waals surface area contributed by atoms with E-state index in [2.05, 4.69) is 70.1 Å². The molecule has 1 N–H and O–H groups in total. The SMILES string of the molecule is CCCCC/C=C\C/C=C\C/C=C\C/C=C\CCCC(=O)NS(=O)(=O)c1ccc(Br)cc1. The second kappa shape index (κ2) is 17.6. The normalized spacial score (nSPS) is 12.6. The van der Waals surface area contributed by atoms with Crippen LogP contribution < -0.4 is 4.72 Å². The van der Waals surface area contributed by atoms with Crippen LogP contribution in [0.25, 0.3) is 0 Å². The van der Waals surface area contributed by atoms with Gasteiger partial charge in [0.05, 0.1) is 4.90 Å². The maximum atomic E-state index is 12.2. The molecule has 0 spiro atoms. The predicted octanol–water partition coefficient (Wildman–Crippen LogP) is 7.40. The number of carbonyl (C=O) groups is 1. The van der Waals surface area contributed by atoms with Crippen molar-refractivity contribution >= 4 is 31.9 Å². The van der Waals surface area contributed by atoms with Crippen molar-refractivity contribution in [1.29, 1.82) is 0 Å². The highest BCUT2D eigenvalue weighted by molar-refractivity contribution is 9.10. The van der Waals surface area contributed by atoms with Gasteiger partial charge >= 0.3 is 0 Å². The van der Waals surface area contributed by atoms with Gasteiger partial charge in [0.2, 0.25) is 5.91 Å². The molecule has 0 aliphatic heterocycles. The molecule has 4 nitrogen and oxygen atoms in total. The van der Waals surface area contributed by atoms with Crippen molar-refractivity contribution in [2.24, 2.45) is 0 Å². The summed E-state index contributed by atoms with van der Waals surface area (Å²) >= 11 is 3.26. The van der Waals surface area contributed by atoms with Gasteiger partial charge in [0, 0.05) is 10.9 Å². The summed E-state index contributed by atoms with van der Waals surface area (Å²) in [5.74, 6) is -0.483. The first-order chi connectivity index (χ1) is 15.5. The van der Waals surface area contributed by atoms with Gasteiger partial charge in [0.25, 0.3) is 10.0 Å². The molecule has 1 amide bonds. The van der Waals surface area contributed by atoms with Crippen LogP contribution in [0.3, 0.4) is 0 Å². The van der Waals surface area contributed by atoms with Crippen molar-refractivity contribution in [3.8, 4) is 0 Å². The highest BCUT2D eigenvalue weighted by Crippen LogP contribution is 2.14. The van der Waals surface area contributed by atoms with Crippen molar-refractivity contribution in [3.63, 3.8) is 0 Å². The van der Waals surface area contributed by atoms with E-state index in [1.54, 1.807) is 12.1 Å². The highest BCUT2D eigenvalue weighted by atomic mass is 79.9. The Labute approximate surface area is 202 Å². The van der Waals surface area contributed by atoms with Crippen molar-refractivity contribution in [2.75, 3.05) is 0 Å². The molecule has 1 aromatic carbocycles. The number of amides is 1. The summed E-state index contributed by atoms with van der Waals surface area (Å²) < 4.78 is 27.2. The van der Waals surface area contributed by atoms with Crippen LogP contribution in [-0.2, 0) is 14.8 Å². The van der Waals surface area contributed by atoms with Crippen LogP contribution in [0.15, 0.2) is 82.2 Å². The third-order valence-electron chi connectivity index (χ3n) is 4.60. The Morgan fingerprint density at radius 2 is 1.31 bits per heavy atom. The highest BCUT2D eigenvalue weighted by Gasteiger charge is 2.16. The van der Waals surface area contributed by atoms with Gasteiger partial charge in [-0.05, 0) is 69.2 Å². The molecule has 0 saturated carbocycles. The number of unbranched alkanes of at least 4 members (excludes halogenated alkanes) is 4. The largest absolute Gasteiger partial charge is 0.274 e. The van der Waals surface area contributed by atoms with Gasteiger partial charge in [-0.15, -0.1) is 0 Å². The maximum Gasteiger partial charge on any atom is 0.264 e. The second-order valence-corrected chi connectivity index (χ2v) is 10.1. The van der Waals surface area contributed by atoms with Gasteiger partial charge < -0.3 is 0 Å². The standard InChI is InChI=1S/C26H36BrNO3S/c1-2-3-4-5-6-7-8-9-10-11-12-13-14-15-16-17-18-19-26(29)28-32(30,31)25-22-20-24(27)21-23-25/h6-7,9-10,12-13,15-16,20-23H,2-5,8,11,14,17-19H2,1H3,(H,28,29)/b7-6-,10-9-,13-12-,16-15-. The lowest BCUT2D eigenvalue weighted by Crippen LogP contribution is -2.30. The molecule has 0 unspecified atom stereocenters. The molecule has 1 rings (SSSR count). The molecule has 0 saturated heterocycles. The van der Waals surface area contributed by atoms with E-state index in [4.69, 9.17) is 0 Å². The molecular weight excluding hydrogens is 486 g/mol. The van der Waals surface area contributed by atoms with E-state index in [1.807, 2.05) is 6.08 Å². The average Bonchev–Trinajstić information content (AvgIpc) is 2.76. The number of allylic oxidation sites excluding steroid dienone is 8. The van der Waals surface area contributed by atoms with Gasteiger partial charge in [-0.3, -0.25) is 4.79 Å². The average molecular weight is 523 g/mol. The summed E-state index contributed by atoms with van der Waals surface area (Å²) in [7, 11) is -3.81. The fourth-order valence-electron chi connectivity index (χ4n) is 2.81. The van der Waals surface area contributed by atoms with Crippen LogP contribution in [0.1, 0.15) is 71.1 Å². The Bertz CT molecular complexity index is 869. The van der Waals surface area contributed by atoms with Gasteiger partial charge in [0.1, 0.15) is 0 Å². The predicted molar refractivity (Wildman–Crippen MR) is 138 cm³/mol. The topological polar surface area (TPSA) is 63.2 Å². The summed E-state index contributed by atoms with van der Waals surface area (Å²) in [5, 5.41) is 0. The molecule has 0 radical (unpaired) electrons. The molecule has 0 fully saturated rings. The lowest BCUT2D eigenvalue weighted by Gasteiger charge is -2.06. The van der Waals surface area contributed by atoms with E-state index < -0.39 is 15.9 Å². The second-order valence-electron chi connectivity index (χ2n) is 7.46. The zero-order valence-electron chi connectivity index (χ0n) is 19.0. The van der Waals surface area contributed by atoms with Gasteiger partial charge in [-0.2, -0.15) is 0 Å². The van der Waals surface area contributed by atoms with E-state index in [9.17, 15) is 13.2 Å². The number of sulfonamides is 1. The summed E-state index contributed by atoms with van der Waals surface area (Å²) in [5.41, 5.74) is 0. The van der Waals surface area contributed by atoms with E-state index >= 15 is 0 Å². The number of carbonyl (C=O) groups excluding carboxylic acids is 1. The Morgan fingerprint density at radius 3 is 1.84 bits per heavy atom. The first-order valence-corrected chi connectivity index (χ1v) is 13.6. The van der Waals surface area contributed by atoms with Crippen LogP contribution in [0.5, 0.6) is 0 Å². The molecule has 0 aliphatic carbocycles. The molecule has 0 bridgehead atoms. The van der Waals surface area contributed by atoms with Crippen molar-refractivity contribution in [1.82, 2.24) is 4.72 Å². The third kappa shape index (κ3) is 14.2. The number of benzene rings is 1. The number of nitrogens with one attached hydrogen (secondary N) is 1. The summed E-state index contributed by atoms with van der Waals surface area (Å²) in [6.45, 7) is 2.22. The van der Waals surface area contributed by atoms with Crippen LogP contribution in [-0.4, -0.2) is 14.3 Å². The number of hydrogen-bond acceptors (Lipinski definition) is 3. The molecule has 0 heterocycles. The maximum absolute atomic E-state index is 12.2. The van der Waals surface area contributed by atoms with Gasteiger partial charge in [-0.25, -0.2) is 13.1 Å². The van der Waals surface area contributed by atoms with E-state index in [1.165, 1.54) is 37.8 Å². The lowest BCUT2D eigenvalue weighted by atomic mass is 10.2. The monoisotopic (exact) mass is 521 g/mol. The molecule has 32 heavy (non-hydrogen) atoms. The Kier molecular flexibility index (Phi) is 15.5. The molecule has 6 heteroatoms. The molecule has 0 aromatic heterocycles. The van der Waals surface area contributed by atoms with Crippen LogP contribution in [0.4, 0.5) is 0 Å². The van der Waals surface area contributed by atoms with E-state index in [-0.39, 0.29) is 11.3 Å². The Balaban J connectivity index is 2.10. The van der Waals surface area contributed by atoms with Crippen LogP contribution in [0.2, 0.25) is 0 Å². The van der Waals surface area contributed by atoms with E-state index in [0.29, 0.717) is 6.42 Å². The Morgan fingerprint density at radius 1 is 0.812 bits per heavy atom. The number of hydrogen-bond donors (Lipinski definition) is 1. The van der Waals surface area contributed by atoms with Crippen LogP contribution >= 0.6 is 15.9 Å². The van der Waals surface area contributed by atoms with E-state index in [0.717, 1.165) is 30.2 Å². The fourth-order valence-corrected chi connectivity index (χ4v) is 4.09. The third-order valence-corrected chi connectivity index (χ3v) is 6.52. The van der Waals surface area contributed by atoms with Gasteiger partial charge in [0.15, 0.2) is 0 Å². The number of halogens is 1. The lowest BCUT2D eigenvalue weighted by molar-refractivity contribution is -0.119. The molecule has 176 valence electrons. The zero-order valence-corrected chi connectivity index (χ0v) is 21.4. The first kappa shape index (κ1) is 28.1. The smallest absolute Gasteiger partial charge is 0.264 e. The zero-order chi connectivity index (χ0) is 23.5. The minimum Gasteiger partial charge on any atom is -0.274 e. The molecule has 1 aromatic rings. The molecule has 0 aliphatic rings. The molecule has 0 atom stereocenters. The summed E-state index contributed by atoms with van der Waals surface area (Å²) in [6.07, 6.45) is 26.6. The summed E-state index contributed by atoms with van der Waals surface area (Å²) in [4.78, 5) is 12.0. The molecular formula is C26H36BrNO3S. The fraction of sp³-hybridized carbons (Fsp3) is 0.423. The van der Waals surface area contributed by atoms with Crippen molar-refractivity contribution in [2.45, 2.75) is 76.0 Å². The quantitative estimate of drug-likeness (QED) is 0.182. The Hall–Kier alpha value is -1.92. The first-order valence-electron chi connectivity index (χ1n) is 11.4. The minimum atomic E-state index is -3.81. The van der Waals surface area contributed by atoms with Crippen LogP contribution in [0, 0.1) is 0 Å².